The second-order valence-corrected chi connectivity index (χ2v) is 6.94. The Balaban J connectivity index is 1.95. The summed E-state index contributed by atoms with van der Waals surface area (Å²) >= 11 is 0. The highest BCUT2D eigenvalue weighted by molar-refractivity contribution is 5.21. The first-order valence-corrected chi connectivity index (χ1v) is 5.46. The van der Waals surface area contributed by atoms with Crippen LogP contribution in [0.5, 0.6) is 0 Å². The van der Waals surface area contributed by atoms with Gasteiger partial charge in [0.1, 0.15) is 0 Å². The highest BCUT2D eigenvalue weighted by Gasteiger charge is 2.75. The maximum atomic E-state index is 13.2. The van der Waals surface area contributed by atoms with E-state index in [1.54, 1.807) is 0 Å². The van der Waals surface area contributed by atoms with Gasteiger partial charge in [0.2, 0.25) is 0 Å². The lowest BCUT2D eigenvalue weighted by atomic mass is 9.31. The molecular weight excluding hydrogens is 182 g/mol. The van der Waals surface area contributed by atoms with Gasteiger partial charge in [-0.25, -0.2) is 8.78 Å². The van der Waals surface area contributed by atoms with E-state index in [4.69, 9.17) is 0 Å². The molecule has 0 saturated heterocycles. The highest BCUT2D eigenvalue weighted by Crippen LogP contribution is 2.80. The van der Waals surface area contributed by atoms with E-state index in [1.807, 2.05) is 0 Å². The van der Waals surface area contributed by atoms with Crippen molar-refractivity contribution in [1.82, 2.24) is 0 Å². The lowest BCUT2D eigenvalue weighted by Crippen LogP contribution is -2.69. The molecule has 0 aliphatic heterocycles. The van der Waals surface area contributed by atoms with Crippen LogP contribution in [0.1, 0.15) is 53.4 Å². The van der Waals surface area contributed by atoms with Crippen LogP contribution in [0.3, 0.4) is 0 Å². The summed E-state index contributed by atoms with van der Waals surface area (Å²) in [6, 6.07) is 0. The number of hydrogen-bond donors (Lipinski definition) is 0. The van der Waals surface area contributed by atoms with E-state index in [0.717, 1.165) is 32.6 Å². The van der Waals surface area contributed by atoms with Gasteiger partial charge in [-0.1, -0.05) is 20.8 Å². The Morgan fingerprint density at radius 1 is 1.00 bits per heavy atom. The predicted octanol–water partition coefficient (Wildman–Crippen LogP) is 4.25. The molecule has 0 atom stereocenters. The van der Waals surface area contributed by atoms with Crippen molar-refractivity contribution in [2.45, 2.75) is 59.3 Å². The first-order valence-electron chi connectivity index (χ1n) is 5.46. The van der Waals surface area contributed by atoms with Gasteiger partial charge in [-0.05, 0) is 43.4 Å². The molecule has 2 bridgehead atoms. The first-order chi connectivity index (χ1) is 6.08. The van der Waals surface area contributed by atoms with Gasteiger partial charge in [-0.15, -0.1) is 0 Å². The van der Waals surface area contributed by atoms with Crippen LogP contribution >= 0.6 is 0 Å². The third-order valence-electron chi connectivity index (χ3n) is 3.98. The van der Waals surface area contributed by atoms with E-state index in [1.165, 1.54) is 0 Å². The average Bonchev–Trinajstić information content (AvgIpc) is 1.68. The van der Waals surface area contributed by atoms with Crippen LogP contribution in [-0.4, -0.2) is 5.92 Å². The first kappa shape index (κ1) is 10.4. The summed E-state index contributed by atoms with van der Waals surface area (Å²) in [5, 5.41) is 0. The van der Waals surface area contributed by atoms with Crippen molar-refractivity contribution >= 4 is 0 Å². The Kier molecular flexibility index (Phi) is 1.73. The van der Waals surface area contributed by atoms with Crippen LogP contribution in [-0.2, 0) is 0 Å². The summed E-state index contributed by atoms with van der Waals surface area (Å²) in [7, 11) is 0. The number of rotatable bonds is 2. The second kappa shape index (κ2) is 2.33. The topological polar surface area (TPSA) is 0 Å². The van der Waals surface area contributed by atoms with Crippen molar-refractivity contribution in [2.24, 2.45) is 16.2 Å². The van der Waals surface area contributed by atoms with Crippen LogP contribution in [0.2, 0.25) is 0 Å². The maximum Gasteiger partial charge on any atom is 0.250 e. The molecule has 0 amide bonds. The van der Waals surface area contributed by atoms with Gasteiger partial charge in [-0.2, -0.15) is 0 Å². The summed E-state index contributed by atoms with van der Waals surface area (Å²) in [4.78, 5) is 0. The highest BCUT2D eigenvalue weighted by atomic mass is 19.3. The van der Waals surface area contributed by atoms with Crippen molar-refractivity contribution < 1.29 is 8.78 Å². The fraction of sp³-hybridized carbons (Fsp3) is 1.00. The summed E-state index contributed by atoms with van der Waals surface area (Å²) in [6.45, 7) is 7.69. The molecule has 0 radical (unpaired) electrons. The predicted molar refractivity (Wildman–Crippen MR) is 53.4 cm³/mol. The Morgan fingerprint density at radius 3 is 1.71 bits per heavy atom. The average molecular weight is 202 g/mol. The minimum Gasteiger partial charge on any atom is -0.207 e. The molecule has 0 N–H and O–H groups in total. The zero-order chi connectivity index (χ0) is 10.8. The van der Waals surface area contributed by atoms with Gasteiger partial charge in [0.25, 0.3) is 5.92 Å². The van der Waals surface area contributed by atoms with Gasteiger partial charge < -0.3 is 0 Å². The van der Waals surface area contributed by atoms with Crippen LogP contribution in [0.25, 0.3) is 0 Å². The molecule has 3 rings (SSSR count). The largest absolute Gasteiger partial charge is 0.250 e. The van der Waals surface area contributed by atoms with Crippen LogP contribution in [0.4, 0.5) is 8.78 Å². The molecule has 3 aliphatic rings. The fourth-order valence-corrected chi connectivity index (χ4v) is 3.78. The van der Waals surface area contributed by atoms with E-state index in [2.05, 4.69) is 20.8 Å². The number of hydrogen-bond acceptors (Lipinski definition) is 0. The number of alkyl halides is 2. The minimum absolute atomic E-state index is 0.287. The second-order valence-electron chi connectivity index (χ2n) is 6.94. The molecule has 14 heavy (non-hydrogen) atoms. The normalized spacial score (nSPS) is 41.6. The Bertz CT molecular complexity index is 235. The smallest absolute Gasteiger partial charge is 0.207 e. The van der Waals surface area contributed by atoms with Crippen LogP contribution in [0, 0.1) is 16.2 Å². The molecular formula is C12H20F2. The summed E-state index contributed by atoms with van der Waals surface area (Å²) in [5.74, 6) is -2.45. The molecule has 0 spiro atoms. The molecule has 0 unspecified atom stereocenters. The van der Waals surface area contributed by atoms with E-state index >= 15 is 0 Å². The van der Waals surface area contributed by atoms with Gasteiger partial charge in [0.15, 0.2) is 0 Å². The van der Waals surface area contributed by atoms with Crippen molar-refractivity contribution in [3.63, 3.8) is 0 Å². The molecule has 0 aromatic heterocycles. The van der Waals surface area contributed by atoms with E-state index in [9.17, 15) is 8.78 Å². The van der Waals surface area contributed by atoms with Gasteiger partial charge in [-0.3, -0.25) is 0 Å². The van der Waals surface area contributed by atoms with E-state index in [-0.39, 0.29) is 10.8 Å². The summed E-state index contributed by atoms with van der Waals surface area (Å²) in [6.07, 6.45) is 3.40. The molecule has 82 valence electrons. The molecule has 3 saturated carbocycles. The van der Waals surface area contributed by atoms with Crippen LogP contribution in [0.15, 0.2) is 0 Å². The minimum atomic E-state index is -2.45. The quantitative estimate of drug-likeness (QED) is 0.628. The third kappa shape index (κ3) is 1.30. The summed E-state index contributed by atoms with van der Waals surface area (Å²) in [5.41, 5.74) is -0.0223. The molecule has 0 aromatic rings. The zero-order valence-corrected chi connectivity index (χ0v) is 9.58. The monoisotopic (exact) mass is 202 g/mol. The lowest BCUT2D eigenvalue weighted by molar-refractivity contribution is -0.316. The molecule has 0 nitrogen and oxygen atoms in total. The van der Waals surface area contributed by atoms with Crippen molar-refractivity contribution in [1.29, 1.82) is 0 Å². The van der Waals surface area contributed by atoms with E-state index in [0.29, 0.717) is 0 Å². The summed E-state index contributed by atoms with van der Waals surface area (Å²) < 4.78 is 26.4. The van der Waals surface area contributed by atoms with E-state index < -0.39 is 11.3 Å². The van der Waals surface area contributed by atoms with Gasteiger partial charge >= 0.3 is 0 Å². The molecule has 3 aliphatic carbocycles. The van der Waals surface area contributed by atoms with Gasteiger partial charge in [0, 0.05) is 5.41 Å². The Labute approximate surface area is 85.1 Å². The van der Waals surface area contributed by atoms with Crippen LogP contribution < -0.4 is 0 Å². The molecule has 0 aromatic carbocycles. The SMILES string of the molecule is CC(C)(C)CC12CC(C(C)(F)F)(C1)C2. The Morgan fingerprint density at radius 2 is 1.43 bits per heavy atom. The van der Waals surface area contributed by atoms with Crippen molar-refractivity contribution in [3.8, 4) is 0 Å². The standard InChI is InChI=1S/C12H20F2/c1-9(2,3)5-11-6-12(7-11,8-11)10(4,13)14/h5-8H2,1-4H3. The van der Waals surface area contributed by atoms with Gasteiger partial charge in [0.05, 0.1) is 0 Å². The van der Waals surface area contributed by atoms with Crippen molar-refractivity contribution in [3.05, 3.63) is 0 Å². The zero-order valence-electron chi connectivity index (χ0n) is 9.58. The fourth-order valence-electron chi connectivity index (χ4n) is 3.78. The maximum absolute atomic E-state index is 13.2. The number of halogens is 2. The third-order valence-corrected chi connectivity index (χ3v) is 3.98. The lowest BCUT2D eigenvalue weighted by Gasteiger charge is -2.73. The van der Waals surface area contributed by atoms with Crippen molar-refractivity contribution in [2.75, 3.05) is 0 Å². The molecule has 3 fully saturated rings. The molecule has 2 heteroatoms. The molecule has 0 heterocycles. The Hall–Kier alpha value is -0.140.